The van der Waals surface area contributed by atoms with Gasteiger partial charge >= 0.3 is 0 Å². The quantitative estimate of drug-likeness (QED) is 0.800. The molecule has 5 nitrogen and oxygen atoms in total. The summed E-state index contributed by atoms with van der Waals surface area (Å²) in [4.78, 5) is 38.9. The summed E-state index contributed by atoms with van der Waals surface area (Å²) in [6.45, 7) is 9.61. The van der Waals surface area contributed by atoms with Crippen molar-refractivity contribution in [1.82, 2.24) is 0 Å². The number of hydrogen-bond donors (Lipinski definition) is 1. The van der Waals surface area contributed by atoms with Crippen molar-refractivity contribution < 1.29 is 14.4 Å². The van der Waals surface area contributed by atoms with Crippen molar-refractivity contribution in [2.45, 2.75) is 46.5 Å². The van der Waals surface area contributed by atoms with Crippen LogP contribution < -0.4 is 10.2 Å². The molecule has 1 heterocycles. The number of nitrogens with one attached hydrogen (secondary N) is 1. The number of amides is 3. The van der Waals surface area contributed by atoms with Crippen LogP contribution >= 0.6 is 0 Å². The monoisotopic (exact) mass is 364 g/mol. The van der Waals surface area contributed by atoms with Crippen molar-refractivity contribution in [3.05, 3.63) is 58.7 Å². The largest absolute Gasteiger partial charge is 0.326 e. The molecule has 3 amide bonds. The standard InChI is InChI=1S/C22H24N2O3/c1-12(2)16-7-6-8-17(13(3)4)20(16)24-21(26)18-10-9-15(23-14(5)25)11-19(18)22(24)27/h6-13H,1-5H3,(H,23,25). The molecule has 0 fully saturated rings. The summed E-state index contributed by atoms with van der Waals surface area (Å²) < 4.78 is 0. The molecule has 0 saturated carbocycles. The molecule has 27 heavy (non-hydrogen) atoms. The lowest BCUT2D eigenvalue weighted by Gasteiger charge is -2.25. The molecular weight excluding hydrogens is 340 g/mol. The molecule has 0 aromatic heterocycles. The maximum Gasteiger partial charge on any atom is 0.266 e. The molecule has 0 spiro atoms. The maximum absolute atomic E-state index is 13.2. The molecule has 140 valence electrons. The number of rotatable bonds is 4. The lowest BCUT2D eigenvalue weighted by atomic mass is 9.92. The van der Waals surface area contributed by atoms with Gasteiger partial charge in [0.25, 0.3) is 11.8 Å². The maximum atomic E-state index is 13.2. The van der Waals surface area contributed by atoms with Crippen molar-refractivity contribution in [1.29, 1.82) is 0 Å². The Morgan fingerprint density at radius 3 is 1.96 bits per heavy atom. The molecule has 0 bridgehead atoms. The molecule has 5 heteroatoms. The molecule has 2 aromatic carbocycles. The predicted molar refractivity (Wildman–Crippen MR) is 107 cm³/mol. The van der Waals surface area contributed by atoms with Crippen molar-refractivity contribution in [3.8, 4) is 0 Å². The van der Waals surface area contributed by atoms with Crippen molar-refractivity contribution in [2.24, 2.45) is 0 Å². The first-order chi connectivity index (χ1) is 12.7. The number of hydrogen-bond acceptors (Lipinski definition) is 3. The Bertz CT molecular complexity index is 918. The van der Waals surface area contributed by atoms with Gasteiger partial charge in [0.15, 0.2) is 0 Å². The lowest BCUT2D eigenvalue weighted by Crippen LogP contribution is -2.31. The van der Waals surface area contributed by atoms with Gasteiger partial charge in [-0.15, -0.1) is 0 Å². The Balaban J connectivity index is 2.16. The minimum Gasteiger partial charge on any atom is -0.326 e. The van der Waals surface area contributed by atoms with Gasteiger partial charge in [-0.05, 0) is 41.2 Å². The van der Waals surface area contributed by atoms with Crippen molar-refractivity contribution in [3.63, 3.8) is 0 Å². The first-order valence-electron chi connectivity index (χ1n) is 9.15. The van der Waals surface area contributed by atoms with Gasteiger partial charge < -0.3 is 5.32 Å². The summed E-state index contributed by atoms with van der Waals surface area (Å²) in [5.41, 5.74) is 3.82. The number of carbonyl (C=O) groups is 3. The number of anilines is 2. The number of fused-ring (bicyclic) bond motifs is 1. The Kier molecular flexibility index (Phi) is 4.87. The fourth-order valence-corrected chi connectivity index (χ4v) is 3.49. The average molecular weight is 364 g/mol. The van der Waals surface area contributed by atoms with Crippen LogP contribution in [0.4, 0.5) is 11.4 Å². The highest BCUT2D eigenvalue weighted by molar-refractivity contribution is 6.35. The van der Waals surface area contributed by atoms with Gasteiger partial charge in [-0.1, -0.05) is 45.9 Å². The van der Waals surface area contributed by atoms with Crippen molar-refractivity contribution >= 4 is 29.1 Å². The van der Waals surface area contributed by atoms with Gasteiger partial charge in [0.1, 0.15) is 0 Å². The molecule has 0 saturated heterocycles. The lowest BCUT2D eigenvalue weighted by molar-refractivity contribution is -0.114. The Morgan fingerprint density at radius 2 is 1.44 bits per heavy atom. The minimum atomic E-state index is -0.350. The number of nitrogens with zero attached hydrogens (tertiary/aromatic N) is 1. The summed E-state index contributed by atoms with van der Waals surface area (Å²) in [5, 5.41) is 2.66. The molecule has 1 N–H and O–H groups in total. The summed E-state index contributed by atoms with van der Waals surface area (Å²) in [6, 6.07) is 10.7. The zero-order valence-corrected chi connectivity index (χ0v) is 16.3. The normalized spacial score (nSPS) is 13.5. The summed E-state index contributed by atoms with van der Waals surface area (Å²) in [7, 11) is 0. The number of imide groups is 1. The molecule has 1 aliphatic rings. The first kappa shape index (κ1) is 18.8. The van der Waals surface area contributed by atoms with Crippen LogP contribution in [0.5, 0.6) is 0 Å². The van der Waals surface area contributed by atoms with E-state index >= 15 is 0 Å². The van der Waals surface area contributed by atoms with Crippen LogP contribution in [0.25, 0.3) is 0 Å². The topological polar surface area (TPSA) is 66.5 Å². The van der Waals surface area contributed by atoms with Gasteiger partial charge in [-0.25, -0.2) is 4.90 Å². The fourth-order valence-electron chi connectivity index (χ4n) is 3.49. The molecule has 2 aromatic rings. The fraction of sp³-hybridized carbons (Fsp3) is 0.318. The number of benzene rings is 2. The summed E-state index contributed by atoms with van der Waals surface area (Å²) >= 11 is 0. The Hall–Kier alpha value is -2.95. The van der Waals surface area contributed by atoms with E-state index in [1.54, 1.807) is 18.2 Å². The van der Waals surface area contributed by atoms with Crippen LogP contribution in [0.1, 0.15) is 78.3 Å². The third kappa shape index (κ3) is 3.25. The van der Waals surface area contributed by atoms with E-state index in [0.717, 1.165) is 11.1 Å². The molecular formula is C22H24N2O3. The average Bonchev–Trinajstić information content (AvgIpc) is 2.84. The highest BCUT2D eigenvalue weighted by Crippen LogP contribution is 2.39. The van der Waals surface area contributed by atoms with E-state index in [-0.39, 0.29) is 29.6 Å². The third-order valence-electron chi connectivity index (χ3n) is 4.77. The van der Waals surface area contributed by atoms with Crippen LogP contribution in [0.2, 0.25) is 0 Å². The summed E-state index contributed by atoms with van der Waals surface area (Å²) in [5.74, 6) is -0.566. The van der Waals surface area contributed by atoms with E-state index in [2.05, 4.69) is 33.0 Å². The summed E-state index contributed by atoms with van der Waals surface area (Å²) in [6.07, 6.45) is 0. The van der Waals surface area contributed by atoms with Crippen LogP contribution in [0.3, 0.4) is 0 Å². The molecule has 0 atom stereocenters. The third-order valence-corrected chi connectivity index (χ3v) is 4.77. The second-order valence-electron chi connectivity index (χ2n) is 7.48. The van der Waals surface area contributed by atoms with Crippen LogP contribution in [0, 0.1) is 0 Å². The van der Waals surface area contributed by atoms with E-state index in [4.69, 9.17) is 0 Å². The predicted octanol–water partition coefficient (Wildman–Crippen LogP) is 4.69. The molecule has 0 radical (unpaired) electrons. The number of para-hydroxylation sites is 1. The van der Waals surface area contributed by atoms with E-state index in [0.29, 0.717) is 22.5 Å². The second kappa shape index (κ2) is 6.99. The van der Waals surface area contributed by atoms with Crippen LogP contribution in [0.15, 0.2) is 36.4 Å². The minimum absolute atomic E-state index is 0.165. The van der Waals surface area contributed by atoms with Gasteiger partial charge in [0.2, 0.25) is 5.91 Å². The molecule has 1 aliphatic heterocycles. The van der Waals surface area contributed by atoms with Gasteiger partial charge in [0.05, 0.1) is 16.8 Å². The van der Waals surface area contributed by atoms with Gasteiger partial charge in [-0.3, -0.25) is 14.4 Å². The van der Waals surface area contributed by atoms with E-state index < -0.39 is 0 Å². The SMILES string of the molecule is CC(=O)Nc1ccc2c(c1)C(=O)N(c1c(C(C)C)cccc1C(C)C)C2=O. The highest BCUT2D eigenvalue weighted by Gasteiger charge is 2.39. The zero-order chi connectivity index (χ0) is 19.9. The van der Waals surface area contributed by atoms with Crippen LogP contribution in [-0.4, -0.2) is 17.7 Å². The van der Waals surface area contributed by atoms with E-state index in [1.165, 1.54) is 11.8 Å². The van der Waals surface area contributed by atoms with Crippen LogP contribution in [-0.2, 0) is 4.79 Å². The molecule has 0 aliphatic carbocycles. The highest BCUT2D eigenvalue weighted by atomic mass is 16.2. The second-order valence-corrected chi connectivity index (χ2v) is 7.48. The zero-order valence-electron chi connectivity index (χ0n) is 16.3. The smallest absolute Gasteiger partial charge is 0.266 e. The Morgan fingerprint density at radius 1 is 0.889 bits per heavy atom. The van der Waals surface area contributed by atoms with E-state index in [9.17, 15) is 14.4 Å². The van der Waals surface area contributed by atoms with Crippen molar-refractivity contribution in [2.75, 3.05) is 10.2 Å². The van der Waals surface area contributed by atoms with Gasteiger partial charge in [-0.2, -0.15) is 0 Å². The first-order valence-corrected chi connectivity index (χ1v) is 9.15. The Labute approximate surface area is 159 Å². The van der Waals surface area contributed by atoms with Gasteiger partial charge in [0, 0.05) is 12.6 Å². The van der Waals surface area contributed by atoms with E-state index in [1.807, 2.05) is 18.2 Å². The molecule has 3 rings (SSSR count). The molecule has 0 unspecified atom stereocenters. The number of carbonyl (C=O) groups excluding carboxylic acids is 3.